The number of piperidine rings is 1. The SMILES string of the molecule is CC1CC(N)CCN1C(=O)C1C2CC3CC(C2)CC1C3. The number of likely N-dealkylation sites (tertiary alicyclic amines) is 1. The molecule has 0 aromatic heterocycles. The fourth-order valence-corrected chi connectivity index (χ4v) is 6.06. The third-order valence-electron chi connectivity index (χ3n) is 6.71. The number of nitrogens with zero attached hydrogens (tertiary/aromatic N) is 1. The molecule has 3 nitrogen and oxygen atoms in total. The van der Waals surface area contributed by atoms with E-state index in [0.29, 0.717) is 35.7 Å². The highest BCUT2D eigenvalue weighted by atomic mass is 16.2. The molecule has 5 rings (SSSR count). The first-order valence-electron chi connectivity index (χ1n) is 8.68. The molecule has 4 saturated carbocycles. The molecule has 1 saturated heterocycles. The van der Waals surface area contributed by atoms with Crippen molar-refractivity contribution in [2.75, 3.05) is 6.54 Å². The quantitative estimate of drug-likeness (QED) is 0.799. The van der Waals surface area contributed by atoms with Gasteiger partial charge in [-0.2, -0.15) is 0 Å². The van der Waals surface area contributed by atoms with Crippen molar-refractivity contribution in [2.45, 2.75) is 64.0 Å². The molecule has 5 fully saturated rings. The third-order valence-corrected chi connectivity index (χ3v) is 6.71. The van der Waals surface area contributed by atoms with Gasteiger partial charge in [-0.25, -0.2) is 0 Å². The average molecular weight is 276 g/mol. The first kappa shape index (κ1) is 13.1. The first-order chi connectivity index (χ1) is 9.61. The second-order valence-corrected chi connectivity index (χ2v) is 8.12. The number of hydrogen-bond donors (Lipinski definition) is 1. The highest BCUT2D eigenvalue weighted by molar-refractivity contribution is 5.80. The van der Waals surface area contributed by atoms with Crippen LogP contribution in [0.1, 0.15) is 51.9 Å². The Bertz CT molecular complexity index is 380. The molecule has 3 heteroatoms. The summed E-state index contributed by atoms with van der Waals surface area (Å²) in [4.78, 5) is 15.3. The molecule has 1 heterocycles. The Labute approximate surface area is 122 Å². The van der Waals surface area contributed by atoms with E-state index in [1.165, 1.54) is 32.1 Å². The summed E-state index contributed by atoms with van der Waals surface area (Å²) in [7, 11) is 0. The van der Waals surface area contributed by atoms with Crippen molar-refractivity contribution < 1.29 is 4.79 Å². The van der Waals surface area contributed by atoms with Crippen LogP contribution in [0.5, 0.6) is 0 Å². The standard InChI is InChI=1S/C17H28N2O/c1-10-4-15(18)2-3-19(10)17(20)16-13-6-11-5-12(8-13)9-14(16)7-11/h10-16H,2-9,18H2,1H3. The second kappa shape index (κ2) is 4.72. The number of nitrogens with two attached hydrogens (primary N) is 1. The Morgan fingerprint density at radius 3 is 2.15 bits per heavy atom. The number of carbonyl (C=O) groups excluding carboxylic acids is 1. The van der Waals surface area contributed by atoms with Gasteiger partial charge in [-0.1, -0.05) is 0 Å². The lowest BCUT2D eigenvalue weighted by molar-refractivity contribution is -0.152. The Balaban J connectivity index is 1.51. The molecule has 4 aliphatic carbocycles. The summed E-state index contributed by atoms with van der Waals surface area (Å²) < 4.78 is 0. The van der Waals surface area contributed by atoms with Crippen LogP contribution in [0.4, 0.5) is 0 Å². The Morgan fingerprint density at radius 1 is 1.00 bits per heavy atom. The molecule has 2 atom stereocenters. The lowest BCUT2D eigenvalue weighted by Crippen LogP contribution is -2.56. The largest absolute Gasteiger partial charge is 0.340 e. The van der Waals surface area contributed by atoms with E-state index in [0.717, 1.165) is 31.2 Å². The van der Waals surface area contributed by atoms with Crippen molar-refractivity contribution in [3.05, 3.63) is 0 Å². The number of amides is 1. The smallest absolute Gasteiger partial charge is 0.226 e. The zero-order valence-electron chi connectivity index (χ0n) is 12.6. The molecule has 1 amide bonds. The second-order valence-electron chi connectivity index (χ2n) is 8.12. The van der Waals surface area contributed by atoms with Crippen LogP contribution >= 0.6 is 0 Å². The van der Waals surface area contributed by atoms with Gasteiger partial charge in [0, 0.05) is 24.5 Å². The molecule has 5 aliphatic rings. The molecular weight excluding hydrogens is 248 g/mol. The van der Waals surface area contributed by atoms with Crippen molar-refractivity contribution in [3.8, 4) is 0 Å². The lowest BCUT2D eigenvalue weighted by Gasteiger charge is -2.55. The van der Waals surface area contributed by atoms with Crippen LogP contribution in [-0.4, -0.2) is 29.4 Å². The molecule has 2 unspecified atom stereocenters. The van der Waals surface area contributed by atoms with Gasteiger partial charge >= 0.3 is 0 Å². The van der Waals surface area contributed by atoms with Crippen molar-refractivity contribution in [3.63, 3.8) is 0 Å². The average Bonchev–Trinajstić information content (AvgIpc) is 2.37. The molecule has 0 aromatic rings. The predicted octanol–water partition coefficient (Wildman–Crippen LogP) is 2.40. The molecule has 1 aliphatic heterocycles. The van der Waals surface area contributed by atoms with Gasteiger partial charge < -0.3 is 10.6 Å². The van der Waals surface area contributed by atoms with E-state index in [2.05, 4.69) is 11.8 Å². The van der Waals surface area contributed by atoms with Crippen LogP contribution in [0.15, 0.2) is 0 Å². The molecule has 0 aromatic carbocycles. The van der Waals surface area contributed by atoms with Gasteiger partial charge in [-0.05, 0) is 75.5 Å². The minimum atomic E-state index is 0.299. The van der Waals surface area contributed by atoms with Gasteiger partial charge in [-0.15, -0.1) is 0 Å². The Kier molecular flexibility index (Phi) is 3.10. The monoisotopic (exact) mass is 276 g/mol. The van der Waals surface area contributed by atoms with Gasteiger partial charge in [0.25, 0.3) is 0 Å². The fraction of sp³-hybridized carbons (Fsp3) is 0.941. The molecule has 112 valence electrons. The van der Waals surface area contributed by atoms with Crippen LogP contribution in [0.3, 0.4) is 0 Å². The first-order valence-corrected chi connectivity index (χ1v) is 8.68. The van der Waals surface area contributed by atoms with E-state index in [4.69, 9.17) is 5.73 Å². The van der Waals surface area contributed by atoms with Crippen LogP contribution in [0, 0.1) is 29.6 Å². The van der Waals surface area contributed by atoms with Crippen LogP contribution in [0.25, 0.3) is 0 Å². The van der Waals surface area contributed by atoms with Gasteiger partial charge in [-0.3, -0.25) is 4.79 Å². The zero-order chi connectivity index (χ0) is 13.9. The number of rotatable bonds is 1. The molecule has 2 N–H and O–H groups in total. The highest BCUT2D eigenvalue weighted by Gasteiger charge is 2.52. The van der Waals surface area contributed by atoms with Crippen molar-refractivity contribution >= 4 is 5.91 Å². The van der Waals surface area contributed by atoms with E-state index in [1.54, 1.807) is 0 Å². The van der Waals surface area contributed by atoms with E-state index in [1.807, 2.05) is 0 Å². The van der Waals surface area contributed by atoms with Crippen LogP contribution in [-0.2, 0) is 4.79 Å². The predicted molar refractivity (Wildman–Crippen MR) is 78.9 cm³/mol. The van der Waals surface area contributed by atoms with E-state index in [-0.39, 0.29) is 0 Å². The molecular formula is C17H28N2O. The minimum Gasteiger partial charge on any atom is -0.340 e. The lowest BCUT2D eigenvalue weighted by atomic mass is 9.51. The van der Waals surface area contributed by atoms with Gasteiger partial charge in [0.1, 0.15) is 0 Å². The molecule has 0 radical (unpaired) electrons. The molecule has 20 heavy (non-hydrogen) atoms. The summed E-state index contributed by atoms with van der Waals surface area (Å²) in [6, 6.07) is 0.649. The maximum absolute atomic E-state index is 13.1. The van der Waals surface area contributed by atoms with E-state index >= 15 is 0 Å². The summed E-state index contributed by atoms with van der Waals surface area (Å²) in [6.45, 7) is 3.08. The van der Waals surface area contributed by atoms with E-state index in [9.17, 15) is 4.79 Å². The normalized spacial score (nSPS) is 50.5. The molecule has 4 bridgehead atoms. The number of carbonyl (C=O) groups is 1. The Hall–Kier alpha value is -0.570. The minimum absolute atomic E-state index is 0.299. The number of hydrogen-bond acceptors (Lipinski definition) is 2. The highest BCUT2D eigenvalue weighted by Crippen LogP contribution is 2.57. The summed E-state index contributed by atoms with van der Waals surface area (Å²) >= 11 is 0. The molecule has 0 spiro atoms. The summed E-state index contributed by atoms with van der Waals surface area (Å²) in [6.07, 6.45) is 8.79. The van der Waals surface area contributed by atoms with Crippen molar-refractivity contribution in [1.29, 1.82) is 0 Å². The topological polar surface area (TPSA) is 46.3 Å². The Morgan fingerprint density at radius 2 is 1.60 bits per heavy atom. The summed E-state index contributed by atoms with van der Waals surface area (Å²) in [5.41, 5.74) is 6.04. The fourth-order valence-electron chi connectivity index (χ4n) is 6.06. The van der Waals surface area contributed by atoms with Crippen molar-refractivity contribution in [2.24, 2.45) is 35.3 Å². The van der Waals surface area contributed by atoms with Gasteiger partial charge in [0.2, 0.25) is 5.91 Å². The van der Waals surface area contributed by atoms with Crippen LogP contribution < -0.4 is 5.73 Å². The van der Waals surface area contributed by atoms with Gasteiger partial charge in [0.15, 0.2) is 0 Å². The maximum Gasteiger partial charge on any atom is 0.226 e. The maximum atomic E-state index is 13.1. The van der Waals surface area contributed by atoms with Crippen LogP contribution in [0.2, 0.25) is 0 Å². The third kappa shape index (κ3) is 2.01. The summed E-state index contributed by atoms with van der Waals surface area (Å²) in [5.74, 6) is 4.17. The van der Waals surface area contributed by atoms with Gasteiger partial charge in [0.05, 0.1) is 0 Å². The zero-order valence-corrected chi connectivity index (χ0v) is 12.6. The summed E-state index contributed by atoms with van der Waals surface area (Å²) in [5, 5.41) is 0. The van der Waals surface area contributed by atoms with Crippen molar-refractivity contribution in [1.82, 2.24) is 4.90 Å². The van der Waals surface area contributed by atoms with E-state index < -0.39 is 0 Å².